The highest BCUT2D eigenvalue weighted by molar-refractivity contribution is 7.14. The van der Waals surface area contributed by atoms with E-state index in [9.17, 15) is 0 Å². The van der Waals surface area contributed by atoms with Crippen LogP contribution in [0, 0.1) is 0 Å². The summed E-state index contributed by atoms with van der Waals surface area (Å²) in [4.78, 5) is 10.0. The average molecular weight is 371 g/mol. The molecule has 2 aliphatic heterocycles. The van der Waals surface area contributed by atoms with Gasteiger partial charge in [0.1, 0.15) is 10.8 Å². The zero-order valence-electron chi connectivity index (χ0n) is 15.4. The van der Waals surface area contributed by atoms with Crippen LogP contribution in [0.4, 0.5) is 16.4 Å². The Bertz CT molecular complexity index is 788. The van der Waals surface area contributed by atoms with E-state index in [4.69, 9.17) is 9.73 Å². The summed E-state index contributed by atoms with van der Waals surface area (Å²) in [5, 5.41) is 6.89. The zero-order chi connectivity index (χ0) is 17.9. The summed E-state index contributed by atoms with van der Waals surface area (Å²) in [7, 11) is 4.01. The standard InChI is InChI=1S/C20H26N4OS/c1-23-10-11-24(14-15(23)6-5-12-25-2)19-16-9-13-26-20(16)22-18-8-4-3-7-17(18)21-19/h3-4,7-9,13,15,22H,5-6,10-12,14H2,1-2H3/t15-/m0/s1. The van der Waals surface area contributed by atoms with Crippen molar-refractivity contribution in [3.05, 3.63) is 41.3 Å². The van der Waals surface area contributed by atoms with Gasteiger partial charge in [0.2, 0.25) is 0 Å². The van der Waals surface area contributed by atoms with Crippen LogP contribution in [0.25, 0.3) is 0 Å². The van der Waals surface area contributed by atoms with Gasteiger partial charge < -0.3 is 15.0 Å². The zero-order valence-corrected chi connectivity index (χ0v) is 16.3. The molecular formula is C20H26N4OS. The fourth-order valence-electron chi connectivity index (χ4n) is 3.71. The largest absolute Gasteiger partial charge is 0.385 e. The van der Waals surface area contributed by atoms with Crippen LogP contribution in [0.5, 0.6) is 0 Å². The van der Waals surface area contributed by atoms with Gasteiger partial charge in [-0.1, -0.05) is 12.1 Å². The Morgan fingerprint density at radius 2 is 2.15 bits per heavy atom. The van der Waals surface area contributed by atoms with Gasteiger partial charge in [-0.25, -0.2) is 4.99 Å². The minimum atomic E-state index is 0.537. The lowest BCUT2D eigenvalue weighted by atomic mass is 10.1. The molecule has 5 nitrogen and oxygen atoms in total. The highest BCUT2D eigenvalue weighted by atomic mass is 32.1. The first-order valence-electron chi connectivity index (χ1n) is 9.23. The molecule has 2 aliphatic rings. The summed E-state index contributed by atoms with van der Waals surface area (Å²) >= 11 is 1.74. The van der Waals surface area contributed by atoms with Crippen LogP contribution in [0.1, 0.15) is 18.4 Å². The average Bonchev–Trinajstić information content (AvgIpc) is 3.04. The maximum Gasteiger partial charge on any atom is 0.139 e. The summed E-state index contributed by atoms with van der Waals surface area (Å²) in [6.07, 6.45) is 2.25. The number of piperazine rings is 1. The highest BCUT2D eigenvalue weighted by Gasteiger charge is 2.29. The molecule has 2 aromatic rings. The molecule has 0 saturated carbocycles. The van der Waals surface area contributed by atoms with E-state index in [-0.39, 0.29) is 0 Å². The molecule has 3 heterocycles. The van der Waals surface area contributed by atoms with Crippen molar-refractivity contribution in [2.75, 3.05) is 45.7 Å². The lowest BCUT2D eigenvalue weighted by molar-refractivity contribution is 0.119. The van der Waals surface area contributed by atoms with Gasteiger partial charge in [0.25, 0.3) is 0 Å². The molecule has 0 amide bonds. The van der Waals surface area contributed by atoms with Crippen molar-refractivity contribution in [3.63, 3.8) is 0 Å². The van der Waals surface area contributed by atoms with E-state index in [2.05, 4.69) is 57.9 Å². The van der Waals surface area contributed by atoms with Gasteiger partial charge >= 0.3 is 0 Å². The van der Waals surface area contributed by atoms with Gasteiger partial charge in [0.05, 0.1) is 16.9 Å². The van der Waals surface area contributed by atoms with Gasteiger partial charge in [0.15, 0.2) is 0 Å². The molecule has 1 aromatic heterocycles. The fourth-order valence-corrected chi connectivity index (χ4v) is 4.51. The number of anilines is 2. The minimum Gasteiger partial charge on any atom is -0.385 e. The van der Waals surface area contributed by atoms with E-state index in [0.717, 1.165) is 56.3 Å². The first-order valence-corrected chi connectivity index (χ1v) is 10.1. The number of methoxy groups -OCH3 is 1. The second-order valence-corrected chi connectivity index (χ2v) is 7.87. The van der Waals surface area contributed by atoms with Crippen molar-refractivity contribution >= 4 is 33.5 Å². The second-order valence-electron chi connectivity index (χ2n) is 6.96. The SMILES string of the molecule is COCCC[C@H]1CN(C2=Nc3ccccc3Nc3sccc32)CCN1C. The molecule has 138 valence electrons. The molecule has 1 saturated heterocycles. The monoisotopic (exact) mass is 370 g/mol. The summed E-state index contributed by atoms with van der Waals surface area (Å²) in [6, 6.07) is 11.0. The molecule has 0 unspecified atom stereocenters. The van der Waals surface area contributed by atoms with Crippen LogP contribution in [0.2, 0.25) is 0 Å². The molecule has 4 rings (SSSR count). The Morgan fingerprint density at radius 3 is 3.04 bits per heavy atom. The van der Waals surface area contributed by atoms with Crippen LogP contribution >= 0.6 is 11.3 Å². The van der Waals surface area contributed by atoms with Gasteiger partial charge in [0, 0.05) is 39.4 Å². The first kappa shape index (κ1) is 17.5. The van der Waals surface area contributed by atoms with Crippen molar-refractivity contribution in [1.29, 1.82) is 0 Å². The molecule has 1 fully saturated rings. The lowest BCUT2D eigenvalue weighted by Crippen LogP contribution is -2.53. The summed E-state index contributed by atoms with van der Waals surface area (Å²) < 4.78 is 5.24. The Morgan fingerprint density at radius 1 is 1.27 bits per heavy atom. The fraction of sp³-hybridized carbons (Fsp3) is 0.450. The maximum atomic E-state index is 5.24. The summed E-state index contributed by atoms with van der Waals surface area (Å²) in [6.45, 7) is 3.91. The lowest BCUT2D eigenvalue weighted by Gasteiger charge is -2.41. The van der Waals surface area contributed by atoms with E-state index in [0.29, 0.717) is 6.04 Å². The third-order valence-corrected chi connectivity index (χ3v) is 6.08. The number of nitrogens with one attached hydrogen (secondary N) is 1. The van der Waals surface area contributed by atoms with E-state index in [1.165, 1.54) is 10.6 Å². The number of fused-ring (bicyclic) bond motifs is 2. The van der Waals surface area contributed by atoms with Crippen molar-refractivity contribution in [2.45, 2.75) is 18.9 Å². The molecule has 0 spiro atoms. The number of ether oxygens (including phenoxy) is 1. The Kier molecular flexibility index (Phi) is 5.24. The number of thiophene rings is 1. The molecule has 1 N–H and O–H groups in total. The quantitative estimate of drug-likeness (QED) is 0.828. The molecular weight excluding hydrogens is 344 g/mol. The second kappa shape index (κ2) is 7.78. The van der Waals surface area contributed by atoms with Crippen LogP contribution in [-0.4, -0.2) is 62.1 Å². The Hall–Kier alpha value is -1.89. The topological polar surface area (TPSA) is 40.1 Å². The number of aliphatic imine (C=N–C) groups is 1. The van der Waals surface area contributed by atoms with Gasteiger partial charge in [-0.05, 0) is 43.5 Å². The number of hydrogen-bond donors (Lipinski definition) is 1. The van der Waals surface area contributed by atoms with E-state index in [1.807, 2.05) is 0 Å². The van der Waals surface area contributed by atoms with Gasteiger partial charge in [-0.3, -0.25) is 4.90 Å². The van der Waals surface area contributed by atoms with Crippen LogP contribution in [0.3, 0.4) is 0 Å². The predicted octanol–water partition coefficient (Wildman–Crippen LogP) is 3.93. The number of rotatable bonds is 4. The van der Waals surface area contributed by atoms with Crippen molar-refractivity contribution in [2.24, 2.45) is 4.99 Å². The number of benzene rings is 1. The molecule has 1 aromatic carbocycles. The molecule has 0 bridgehead atoms. The van der Waals surface area contributed by atoms with Crippen molar-refractivity contribution in [1.82, 2.24) is 9.80 Å². The smallest absolute Gasteiger partial charge is 0.139 e. The molecule has 6 heteroatoms. The first-order chi connectivity index (χ1) is 12.8. The molecule has 26 heavy (non-hydrogen) atoms. The predicted molar refractivity (Wildman–Crippen MR) is 109 cm³/mol. The normalized spacial score (nSPS) is 20.0. The van der Waals surface area contributed by atoms with Gasteiger partial charge in [-0.15, -0.1) is 11.3 Å². The Labute approximate surface area is 159 Å². The molecule has 0 radical (unpaired) electrons. The third kappa shape index (κ3) is 3.49. The number of amidine groups is 1. The molecule has 0 aliphatic carbocycles. The number of nitrogens with zero attached hydrogens (tertiary/aromatic N) is 3. The van der Waals surface area contributed by atoms with Crippen LogP contribution < -0.4 is 5.32 Å². The number of likely N-dealkylation sites (N-methyl/N-ethyl adjacent to an activating group) is 1. The van der Waals surface area contributed by atoms with Crippen LogP contribution in [0.15, 0.2) is 40.7 Å². The summed E-state index contributed by atoms with van der Waals surface area (Å²) in [5.41, 5.74) is 3.31. The number of hydrogen-bond acceptors (Lipinski definition) is 6. The Balaban J connectivity index is 1.62. The van der Waals surface area contributed by atoms with E-state index in [1.54, 1.807) is 18.4 Å². The van der Waals surface area contributed by atoms with Crippen molar-refractivity contribution < 1.29 is 4.74 Å². The highest BCUT2D eigenvalue weighted by Crippen LogP contribution is 2.37. The summed E-state index contributed by atoms with van der Waals surface area (Å²) in [5.74, 6) is 1.10. The van der Waals surface area contributed by atoms with Gasteiger partial charge in [-0.2, -0.15) is 0 Å². The molecule has 1 atom stereocenters. The van der Waals surface area contributed by atoms with Crippen LogP contribution in [-0.2, 0) is 4.74 Å². The van der Waals surface area contributed by atoms with Crippen molar-refractivity contribution in [3.8, 4) is 0 Å². The number of para-hydroxylation sites is 2. The van der Waals surface area contributed by atoms with E-state index < -0.39 is 0 Å². The maximum absolute atomic E-state index is 5.24. The van der Waals surface area contributed by atoms with E-state index >= 15 is 0 Å². The minimum absolute atomic E-state index is 0.537. The third-order valence-electron chi connectivity index (χ3n) is 5.25.